The molecule has 1 amide bonds. The van der Waals surface area contributed by atoms with Gasteiger partial charge < -0.3 is 14.9 Å². The molecule has 1 saturated heterocycles. The van der Waals surface area contributed by atoms with Gasteiger partial charge in [-0.05, 0) is 36.9 Å². The molecule has 1 aliphatic rings. The van der Waals surface area contributed by atoms with E-state index in [1.165, 1.54) is 4.31 Å². The Balaban J connectivity index is 1.68. The molecule has 0 aliphatic carbocycles. The van der Waals surface area contributed by atoms with Crippen LogP contribution in [0.2, 0.25) is 0 Å². The second kappa shape index (κ2) is 11.4. The van der Waals surface area contributed by atoms with Crippen LogP contribution < -0.4 is 10.0 Å². The predicted octanol–water partition coefficient (Wildman–Crippen LogP) is 1.16. The molecule has 1 heterocycles. The Morgan fingerprint density at radius 3 is 2.26 bits per heavy atom. The summed E-state index contributed by atoms with van der Waals surface area (Å²) in [5, 5.41) is 13.6. The summed E-state index contributed by atoms with van der Waals surface area (Å²) >= 11 is 0. The first-order valence-electron chi connectivity index (χ1n) is 11.5. The Morgan fingerprint density at radius 1 is 1.03 bits per heavy atom. The largest absolute Gasteiger partial charge is 0.859 e. The summed E-state index contributed by atoms with van der Waals surface area (Å²) in [4.78, 5) is 20.3. The number of carbonyl (C=O) groups excluding carboxylic acids is 1. The Morgan fingerprint density at radius 2 is 1.65 bits per heavy atom. The molecule has 8 nitrogen and oxygen atoms in total. The minimum absolute atomic E-state index is 0.0203. The van der Waals surface area contributed by atoms with E-state index in [4.69, 9.17) is 0 Å². The van der Waals surface area contributed by atoms with Crippen molar-refractivity contribution < 1.29 is 18.3 Å². The summed E-state index contributed by atoms with van der Waals surface area (Å²) in [5.41, 5.74) is 0.952. The molecule has 0 aromatic heterocycles. The third-order valence-electron chi connectivity index (χ3n) is 6.08. The zero-order chi connectivity index (χ0) is 24.9. The van der Waals surface area contributed by atoms with E-state index in [-0.39, 0.29) is 60.3 Å². The third-order valence-corrected chi connectivity index (χ3v) is 10.3. The quantitative estimate of drug-likeness (QED) is 0.289. The van der Waals surface area contributed by atoms with Crippen LogP contribution in [0.1, 0.15) is 13.8 Å². The van der Waals surface area contributed by atoms with Crippen LogP contribution in [0, 0.1) is 0 Å². The molecule has 2 aromatic carbocycles. The molecule has 34 heavy (non-hydrogen) atoms. The number of hydrogen-bond acceptors (Lipinski definition) is 6. The number of anilines is 1. The molecule has 1 aliphatic heterocycles. The molecule has 186 valence electrons. The maximum atomic E-state index is 13.5. The highest BCUT2D eigenvalue weighted by Crippen LogP contribution is 2.31. The van der Waals surface area contributed by atoms with E-state index in [2.05, 4.69) is 18.8 Å². The molecule has 0 saturated carbocycles. The minimum Gasteiger partial charge on any atom is -0.859 e. The molecule has 2 aromatic rings. The second-order valence-corrected chi connectivity index (χ2v) is 12.9. The van der Waals surface area contributed by atoms with Crippen molar-refractivity contribution in [2.75, 3.05) is 69.0 Å². The van der Waals surface area contributed by atoms with E-state index in [1.54, 1.807) is 17.0 Å². The predicted molar refractivity (Wildman–Crippen MR) is 139 cm³/mol. The summed E-state index contributed by atoms with van der Waals surface area (Å²) in [5.74, 6) is 1.81. The molecule has 1 fully saturated rings. The van der Waals surface area contributed by atoms with Crippen LogP contribution in [0.15, 0.2) is 46.3 Å². The number of hydrogen-bond donors (Lipinski definition) is 0. The Hall–Kier alpha value is -2.30. The van der Waals surface area contributed by atoms with Gasteiger partial charge in [-0.3, -0.25) is 9.79 Å². The summed E-state index contributed by atoms with van der Waals surface area (Å²) in [6, 6.07) is 11.0. The van der Waals surface area contributed by atoms with Gasteiger partial charge in [0.05, 0.1) is 4.90 Å². The minimum atomic E-state index is -3.73. The van der Waals surface area contributed by atoms with Gasteiger partial charge in [0.15, 0.2) is 0 Å². The molecular weight excluding hydrogens is 472 g/mol. The van der Waals surface area contributed by atoms with Gasteiger partial charge in [0.1, 0.15) is 23.8 Å². The Labute approximate surface area is 205 Å². The van der Waals surface area contributed by atoms with Gasteiger partial charge >= 0.3 is 0 Å². The highest BCUT2D eigenvalue weighted by molar-refractivity contribution is 7.97. The molecule has 0 bridgehead atoms. The van der Waals surface area contributed by atoms with Gasteiger partial charge in [-0.1, -0.05) is 24.3 Å². The molecule has 10 heteroatoms. The first-order valence-corrected chi connectivity index (χ1v) is 14.7. The Bertz CT molecular complexity index is 1140. The fourth-order valence-electron chi connectivity index (χ4n) is 4.08. The lowest BCUT2D eigenvalue weighted by molar-refractivity contribution is -0.215. The molecule has 0 unspecified atom stereocenters. The number of sulfonamides is 1. The average Bonchev–Trinajstić information content (AvgIpc) is 2.84. The van der Waals surface area contributed by atoms with Gasteiger partial charge in [-0.2, -0.15) is 4.31 Å². The standard InChI is InChI=1S/C24H34N4O4S2/c1-5-33(6-2)18-23(29)25-17-24(30)27-13-15-28(16-14-27)34(31,32)22-12-8-9-19-20(22)10-7-11-21(19)26(3)4/h7-12H,5-6,13-18H2,1-4H3. The maximum Gasteiger partial charge on any atom is 0.244 e. The number of piperazine rings is 1. The second-order valence-electron chi connectivity index (χ2n) is 8.35. The first-order chi connectivity index (χ1) is 16.2. The van der Waals surface area contributed by atoms with Crippen LogP contribution in [-0.4, -0.2) is 93.5 Å². The van der Waals surface area contributed by atoms with E-state index < -0.39 is 10.0 Å². The zero-order valence-electron chi connectivity index (χ0n) is 20.4. The molecule has 3 rings (SSSR count). The van der Waals surface area contributed by atoms with E-state index in [0.717, 1.165) is 22.6 Å². The number of carbonyl (C=O) groups is 1. The Kier molecular flexibility index (Phi) is 8.83. The van der Waals surface area contributed by atoms with E-state index in [9.17, 15) is 18.3 Å². The zero-order valence-corrected chi connectivity index (χ0v) is 22.0. The summed E-state index contributed by atoms with van der Waals surface area (Å²) < 4.78 is 28.4. The average molecular weight is 507 g/mol. The molecule has 0 N–H and O–H groups in total. The topological polar surface area (TPSA) is 96.4 Å². The van der Waals surface area contributed by atoms with Crippen LogP contribution in [0.3, 0.4) is 0 Å². The van der Waals surface area contributed by atoms with Gasteiger partial charge in [0.2, 0.25) is 15.9 Å². The van der Waals surface area contributed by atoms with Gasteiger partial charge in [-0.15, -0.1) is 0 Å². The van der Waals surface area contributed by atoms with Crippen molar-refractivity contribution in [2.45, 2.75) is 18.7 Å². The van der Waals surface area contributed by atoms with Crippen molar-refractivity contribution in [1.82, 2.24) is 9.21 Å². The van der Waals surface area contributed by atoms with Crippen LogP contribution in [0.5, 0.6) is 0 Å². The first kappa shape index (κ1) is 26.3. The molecular formula is C24H34N4O4S2. The molecule has 0 spiro atoms. The molecule has 0 radical (unpaired) electrons. The van der Waals surface area contributed by atoms with Crippen LogP contribution in [-0.2, 0) is 25.7 Å². The van der Waals surface area contributed by atoms with Gasteiger partial charge in [0.25, 0.3) is 0 Å². The van der Waals surface area contributed by atoms with Crippen LogP contribution in [0.4, 0.5) is 5.69 Å². The van der Waals surface area contributed by atoms with Crippen LogP contribution >= 0.6 is 0 Å². The summed E-state index contributed by atoms with van der Waals surface area (Å²) in [6.07, 6.45) is 0. The number of rotatable bonds is 9. The van der Waals surface area contributed by atoms with Crippen LogP contribution in [0.25, 0.3) is 10.8 Å². The van der Waals surface area contributed by atoms with E-state index in [1.807, 2.05) is 43.3 Å². The fraction of sp³-hybridized carbons (Fsp3) is 0.500. The van der Waals surface area contributed by atoms with Crippen molar-refractivity contribution in [3.8, 4) is 0 Å². The lowest BCUT2D eigenvalue weighted by Crippen LogP contribution is -2.51. The monoisotopic (exact) mass is 506 g/mol. The number of amides is 1. The lowest BCUT2D eigenvalue weighted by atomic mass is 10.1. The number of nitrogens with zero attached hydrogens (tertiary/aromatic N) is 4. The van der Waals surface area contributed by atoms with Crippen molar-refractivity contribution in [3.63, 3.8) is 0 Å². The highest BCUT2D eigenvalue weighted by Gasteiger charge is 2.31. The number of benzene rings is 2. The summed E-state index contributed by atoms with van der Waals surface area (Å²) in [7, 11) is 0.153. The van der Waals surface area contributed by atoms with E-state index in [0.29, 0.717) is 11.1 Å². The van der Waals surface area contributed by atoms with Crippen molar-refractivity contribution in [3.05, 3.63) is 36.4 Å². The SMILES string of the molecule is CC[S+](CC)CC([O-])=NCC(=O)N1CCN(S(=O)(=O)c2cccc3c(N(C)C)cccc23)CC1. The van der Waals surface area contributed by atoms with Gasteiger partial charge in [-0.25, -0.2) is 8.42 Å². The molecule has 0 atom stereocenters. The lowest BCUT2D eigenvalue weighted by Gasteiger charge is -2.34. The summed E-state index contributed by atoms with van der Waals surface area (Å²) in [6.45, 7) is 4.91. The number of aliphatic imine (C=N–C) groups is 1. The van der Waals surface area contributed by atoms with E-state index >= 15 is 0 Å². The van der Waals surface area contributed by atoms with Crippen molar-refractivity contribution in [2.24, 2.45) is 4.99 Å². The fourth-order valence-corrected chi connectivity index (χ4v) is 6.97. The maximum absolute atomic E-state index is 13.5. The van der Waals surface area contributed by atoms with Crippen molar-refractivity contribution in [1.29, 1.82) is 0 Å². The van der Waals surface area contributed by atoms with Gasteiger partial charge in [0, 0.05) is 62.6 Å². The highest BCUT2D eigenvalue weighted by atomic mass is 32.2. The third kappa shape index (κ3) is 5.84. The normalized spacial score (nSPS) is 15.8. The number of fused-ring (bicyclic) bond motifs is 1. The smallest absolute Gasteiger partial charge is 0.244 e. The van der Waals surface area contributed by atoms with Crippen molar-refractivity contribution >= 4 is 49.2 Å².